The zero-order valence-electron chi connectivity index (χ0n) is 10.8. The summed E-state index contributed by atoms with van der Waals surface area (Å²) in [5.41, 5.74) is 1.40. The molecule has 2 aromatic rings. The zero-order chi connectivity index (χ0) is 15.0. The Bertz CT molecular complexity index is 745. The number of halogens is 1. The summed E-state index contributed by atoms with van der Waals surface area (Å²) in [5.74, 6) is -2.41. The first-order valence-electron chi connectivity index (χ1n) is 6.25. The lowest BCUT2D eigenvalue weighted by molar-refractivity contribution is -0.116. The topological polar surface area (TPSA) is 78.4 Å². The van der Waals surface area contributed by atoms with Crippen LogP contribution in [0, 0.1) is 5.82 Å². The van der Waals surface area contributed by atoms with Gasteiger partial charge in [-0.05, 0) is 24.3 Å². The molecule has 6 heteroatoms. The number of hydrogen-bond acceptors (Lipinski definition) is 3. The second-order valence-electron chi connectivity index (χ2n) is 4.65. The van der Waals surface area contributed by atoms with Gasteiger partial charge >= 0.3 is 5.97 Å². The van der Waals surface area contributed by atoms with E-state index in [1.165, 1.54) is 12.1 Å². The van der Waals surface area contributed by atoms with Crippen LogP contribution in [0.25, 0.3) is 0 Å². The molecular formula is C15H11FN2O3. The summed E-state index contributed by atoms with van der Waals surface area (Å²) in [6.45, 7) is 0. The molecule has 2 aromatic carbocycles. The highest BCUT2D eigenvalue weighted by atomic mass is 19.1. The Hall–Kier alpha value is -2.89. The molecule has 3 rings (SSSR count). The van der Waals surface area contributed by atoms with Crippen LogP contribution in [0.2, 0.25) is 0 Å². The van der Waals surface area contributed by atoms with Gasteiger partial charge in [-0.2, -0.15) is 0 Å². The first-order valence-corrected chi connectivity index (χ1v) is 6.25. The molecule has 1 aliphatic rings. The van der Waals surface area contributed by atoms with Gasteiger partial charge in [0.25, 0.3) is 5.91 Å². The number of carboxylic acids is 1. The van der Waals surface area contributed by atoms with Crippen LogP contribution in [0.15, 0.2) is 42.5 Å². The fraction of sp³-hybridized carbons (Fsp3) is 0.0667. The van der Waals surface area contributed by atoms with E-state index in [4.69, 9.17) is 5.11 Å². The van der Waals surface area contributed by atoms with Gasteiger partial charge in [-0.15, -0.1) is 0 Å². The normalized spacial score (nSPS) is 16.2. The SMILES string of the molecule is O=C(O)c1cc(NC2C(=O)Nc3ccccc32)ccc1F. The van der Waals surface area contributed by atoms with Crippen LogP contribution >= 0.6 is 0 Å². The van der Waals surface area contributed by atoms with E-state index in [1.54, 1.807) is 18.2 Å². The number of fused-ring (bicyclic) bond motifs is 1. The summed E-state index contributed by atoms with van der Waals surface area (Å²) in [7, 11) is 0. The second kappa shape index (κ2) is 4.90. The highest BCUT2D eigenvalue weighted by molar-refractivity contribution is 6.04. The highest BCUT2D eigenvalue weighted by Crippen LogP contribution is 2.33. The first-order chi connectivity index (χ1) is 10.1. The Morgan fingerprint density at radius 2 is 2.00 bits per heavy atom. The molecule has 0 aromatic heterocycles. The predicted molar refractivity (Wildman–Crippen MR) is 74.8 cm³/mol. The maximum absolute atomic E-state index is 13.4. The molecule has 106 valence electrons. The van der Waals surface area contributed by atoms with Crippen LogP contribution in [-0.4, -0.2) is 17.0 Å². The molecule has 0 fully saturated rings. The molecule has 21 heavy (non-hydrogen) atoms. The smallest absolute Gasteiger partial charge is 0.338 e. The summed E-state index contributed by atoms with van der Waals surface area (Å²) in [6.07, 6.45) is 0. The third-order valence-electron chi connectivity index (χ3n) is 3.30. The van der Waals surface area contributed by atoms with Crippen molar-refractivity contribution in [2.24, 2.45) is 0 Å². The molecule has 1 unspecified atom stereocenters. The van der Waals surface area contributed by atoms with Gasteiger partial charge in [0.2, 0.25) is 0 Å². The lowest BCUT2D eigenvalue weighted by atomic mass is 10.1. The van der Waals surface area contributed by atoms with Gasteiger partial charge in [0, 0.05) is 16.9 Å². The van der Waals surface area contributed by atoms with E-state index in [1.807, 2.05) is 6.07 Å². The van der Waals surface area contributed by atoms with Crippen molar-refractivity contribution >= 4 is 23.3 Å². The molecule has 1 heterocycles. The summed E-state index contributed by atoms with van der Waals surface area (Å²) in [5, 5.41) is 14.6. The fourth-order valence-electron chi connectivity index (χ4n) is 2.30. The van der Waals surface area contributed by atoms with Crippen LogP contribution in [0.4, 0.5) is 15.8 Å². The number of carbonyl (C=O) groups excluding carboxylic acids is 1. The zero-order valence-corrected chi connectivity index (χ0v) is 10.8. The number of rotatable bonds is 3. The third-order valence-corrected chi connectivity index (χ3v) is 3.30. The van der Waals surface area contributed by atoms with Crippen molar-refractivity contribution in [2.45, 2.75) is 6.04 Å². The minimum Gasteiger partial charge on any atom is -0.478 e. The number of benzene rings is 2. The summed E-state index contributed by atoms with van der Waals surface area (Å²) in [4.78, 5) is 22.9. The molecule has 0 aliphatic carbocycles. The average Bonchev–Trinajstić information content (AvgIpc) is 2.77. The lowest BCUT2D eigenvalue weighted by Crippen LogP contribution is -2.20. The molecule has 1 atom stereocenters. The number of hydrogen-bond donors (Lipinski definition) is 3. The van der Waals surface area contributed by atoms with Gasteiger partial charge in [0.1, 0.15) is 11.9 Å². The van der Waals surface area contributed by atoms with Gasteiger partial charge < -0.3 is 15.7 Å². The molecular weight excluding hydrogens is 275 g/mol. The van der Waals surface area contributed by atoms with Gasteiger partial charge in [0.15, 0.2) is 0 Å². The van der Waals surface area contributed by atoms with Crippen molar-refractivity contribution in [1.82, 2.24) is 0 Å². The molecule has 0 saturated heterocycles. The Balaban J connectivity index is 1.92. The number of amides is 1. The summed E-state index contributed by atoms with van der Waals surface area (Å²) >= 11 is 0. The molecule has 0 bridgehead atoms. The third kappa shape index (κ3) is 2.31. The average molecular weight is 286 g/mol. The van der Waals surface area contributed by atoms with E-state index in [-0.39, 0.29) is 5.91 Å². The molecule has 0 radical (unpaired) electrons. The summed E-state index contributed by atoms with van der Waals surface area (Å²) in [6, 6.07) is 10.2. The highest BCUT2D eigenvalue weighted by Gasteiger charge is 2.30. The first kappa shape index (κ1) is 13.1. The quantitative estimate of drug-likeness (QED) is 0.810. The second-order valence-corrected chi connectivity index (χ2v) is 4.65. The monoisotopic (exact) mass is 286 g/mol. The maximum atomic E-state index is 13.4. The largest absolute Gasteiger partial charge is 0.478 e. The molecule has 0 spiro atoms. The van der Waals surface area contributed by atoms with Crippen molar-refractivity contribution in [1.29, 1.82) is 0 Å². The number of carbonyl (C=O) groups is 2. The molecule has 3 N–H and O–H groups in total. The van der Waals surface area contributed by atoms with Gasteiger partial charge in [-0.3, -0.25) is 4.79 Å². The lowest BCUT2D eigenvalue weighted by Gasteiger charge is -2.13. The minimum atomic E-state index is -1.35. The van der Waals surface area contributed by atoms with Crippen LogP contribution in [0.1, 0.15) is 22.0 Å². The van der Waals surface area contributed by atoms with Crippen molar-refractivity contribution in [2.75, 3.05) is 10.6 Å². The van der Waals surface area contributed by atoms with Crippen molar-refractivity contribution in [3.05, 3.63) is 59.4 Å². The van der Waals surface area contributed by atoms with Crippen molar-refractivity contribution in [3.8, 4) is 0 Å². The van der Waals surface area contributed by atoms with Crippen LogP contribution in [0.3, 0.4) is 0 Å². The molecule has 5 nitrogen and oxygen atoms in total. The molecule has 1 aliphatic heterocycles. The molecule has 0 saturated carbocycles. The Labute approximate surface area is 119 Å². The van der Waals surface area contributed by atoms with Gasteiger partial charge in [0.05, 0.1) is 5.56 Å². The van der Waals surface area contributed by atoms with Crippen molar-refractivity contribution in [3.63, 3.8) is 0 Å². The number of carboxylic acid groups (broad SMARTS) is 1. The van der Waals surface area contributed by atoms with Gasteiger partial charge in [-0.1, -0.05) is 18.2 Å². The number of para-hydroxylation sites is 1. The number of nitrogens with one attached hydrogen (secondary N) is 2. The number of anilines is 2. The molecule has 1 amide bonds. The van der Waals surface area contributed by atoms with E-state index in [9.17, 15) is 14.0 Å². The fourth-order valence-corrected chi connectivity index (χ4v) is 2.30. The Morgan fingerprint density at radius 1 is 1.24 bits per heavy atom. The van der Waals surface area contributed by atoms with Crippen LogP contribution < -0.4 is 10.6 Å². The number of aromatic carboxylic acids is 1. The van der Waals surface area contributed by atoms with Gasteiger partial charge in [-0.25, -0.2) is 9.18 Å². The van der Waals surface area contributed by atoms with E-state index in [2.05, 4.69) is 10.6 Å². The minimum absolute atomic E-state index is 0.239. The van der Waals surface area contributed by atoms with Crippen molar-refractivity contribution < 1.29 is 19.1 Å². The maximum Gasteiger partial charge on any atom is 0.338 e. The van der Waals surface area contributed by atoms with Crippen LogP contribution in [0.5, 0.6) is 0 Å². The van der Waals surface area contributed by atoms with E-state index in [0.717, 1.165) is 11.6 Å². The predicted octanol–water partition coefficient (Wildman–Crippen LogP) is 2.63. The Morgan fingerprint density at radius 3 is 2.76 bits per heavy atom. The standard InChI is InChI=1S/C15H11FN2O3/c16-11-6-5-8(7-10(11)15(20)21)17-13-9-3-1-2-4-12(9)18-14(13)19/h1-7,13,17H,(H,18,19)(H,20,21). The van der Waals surface area contributed by atoms with E-state index >= 15 is 0 Å². The Kier molecular flexibility index (Phi) is 3.06. The van der Waals surface area contributed by atoms with E-state index in [0.29, 0.717) is 11.4 Å². The summed E-state index contributed by atoms with van der Waals surface area (Å²) < 4.78 is 13.4. The van der Waals surface area contributed by atoms with E-state index < -0.39 is 23.4 Å². The van der Waals surface area contributed by atoms with Crippen LogP contribution in [-0.2, 0) is 4.79 Å².